The van der Waals surface area contributed by atoms with Crippen molar-refractivity contribution in [1.29, 1.82) is 0 Å². The van der Waals surface area contributed by atoms with Crippen LogP contribution >= 0.6 is 11.3 Å². The van der Waals surface area contributed by atoms with E-state index < -0.39 is 0 Å². The van der Waals surface area contributed by atoms with E-state index in [0.29, 0.717) is 16.9 Å². The molecule has 1 atom stereocenters. The van der Waals surface area contributed by atoms with Gasteiger partial charge in [0.2, 0.25) is 0 Å². The highest BCUT2D eigenvalue weighted by atomic mass is 32.1. The summed E-state index contributed by atoms with van der Waals surface area (Å²) in [4.78, 5) is 17.3. The van der Waals surface area contributed by atoms with E-state index in [2.05, 4.69) is 10.3 Å². The van der Waals surface area contributed by atoms with Crippen molar-refractivity contribution >= 4 is 22.9 Å². The first-order valence-corrected chi connectivity index (χ1v) is 6.52. The molecular formula is C13H15N3OS. The molecule has 0 aliphatic rings. The van der Waals surface area contributed by atoms with Crippen LogP contribution in [0.15, 0.2) is 29.8 Å². The average molecular weight is 261 g/mol. The maximum Gasteiger partial charge on any atom is 0.253 e. The second kappa shape index (κ2) is 5.18. The summed E-state index contributed by atoms with van der Waals surface area (Å²) in [5.74, 6) is -0.145. The average Bonchev–Trinajstić information content (AvgIpc) is 2.85. The van der Waals surface area contributed by atoms with Crippen molar-refractivity contribution in [2.24, 2.45) is 0 Å². The molecule has 5 heteroatoms. The molecule has 0 aliphatic heterocycles. The first-order valence-electron chi connectivity index (χ1n) is 5.64. The highest BCUT2D eigenvalue weighted by Crippen LogP contribution is 2.19. The monoisotopic (exact) mass is 261 g/mol. The molecule has 2 aromatic rings. The van der Waals surface area contributed by atoms with Crippen molar-refractivity contribution in [1.82, 2.24) is 10.3 Å². The minimum atomic E-state index is -0.145. The number of carbonyl (C=O) groups excluding carboxylic acids is 1. The van der Waals surface area contributed by atoms with Crippen molar-refractivity contribution in [3.05, 3.63) is 45.9 Å². The Morgan fingerprint density at radius 1 is 1.56 bits per heavy atom. The zero-order valence-corrected chi connectivity index (χ0v) is 11.1. The van der Waals surface area contributed by atoms with Crippen LogP contribution in [0.5, 0.6) is 0 Å². The Labute approximate surface area is 110 Å². The van der Waals surface area contributed by atoms with E-state index in [9.17, 15) is 4.79 Å². The van der Waals surface area contributed by atoms with Crippen LogP contribution in [-0.4, -0.2) is 10.9 Å². The summed E-state index contributed by atoms with van der Waals surface area (Å²) in [6, 6.07) is 5.60. The maximum absolute atomic E-state index is 12.1. The van der Waals surface area contributed by atoms with E-state index in [1.807, 2.05) is 24.4 Å². The van der Waals surface area contributed by atoms with Crippen molar-refractivity contribution in [3.63, 3.8) is 0 Å². The molecule has 0 bridgehead atoms. The normalized spacial score (nSPS) is 12.1. The van der Waals surface area contributed by atoms with Gasteiger partial charge in [-0.3, -0.25) is 9.78 Å². The lowest BCUT2D eigenvalue weighted by Crippen LogP contribution is -2.27. The van der Waals surface area contributed by atoms with E-state index in [4.69, 9.17) is 5.73 Å². The van der Waals surface area contributed by atoms with Crippen LogP contribution in [0.1, 0.15) is 33.9 Å². The molecule has 1 unspecified atom stereocenters. The molecule has 0 radical (unpaired) electrons. The van der Waals surface area contributed by atoms with Crippen LogP contribution in [-0.2, 0) is 0 Å². The number of pyridine rings is 1. The Morgan fingerprint density at radius 2 is 2.33 bits per heavy atom. The van der Waals surface area contributed by atoms with Crippen molar-refractivity contribution < 1.29 is 4.79 Å². The van der Waals surface area contributed by atoms with Gasteiger partial charge in [0.1, 0.15) is 0 Å². The van der Waals surface area contributed by atoms with Crippen molar-refractivity contribution in [2.45, 2.75) is 19.9 Å². The number of thiophene rings is 1. The minimum Gasteiger partial charge on any atom is -0.397 e. The zero-order chi connectivity index (χ0) is 13.1. The lowest BCUT2D eigenvalue weighted by molar-refractivity contribution is 0.0939. The second-order valence-corrected chi connectivity index (χ2v) is 5.09. The number of nitrogens with two attached hydrogens (primary N) is 1. The smallest absolute Gasteiger partial charge is 0.253 e. The van der Waals surface area contributed by atoms with Gasteiger partial charge < -0.3 is 11.1 Å². The van der Waals surface area contributed by atoms with Crippen molar-refractivity contribution in [3.8, 4) is 0 Å². The zero-order valence-electron chi connectivity index (χ0n) is 10.3. The molecule has 0 spiro atoms. The highest BCUT2D eigenvalue weighted by molar-refractivity contribution is 7.10. The predicted octanol–water partition coefficient (Wildman–Crippen LogP) is 2.52. The summed E-state index contributed by atoms with van der Waals surface area (Å²) in [6.45, 7) is 3.75. The fourth-order valence-corrected chi connectivity index (χ4v) is 2.40. The molecule has 0 saturated heterocycles. The van der Waals surface area contributed by atoms with Gasteiger partial charge in [-0.15, -0.1) is 11.3 Å². The number of amides is 1. The number of rotatable bonds is 3. The summed E-state index contributed by atoms with van der Waals surface area (Å²) < 4.78 is 0. The molecule has 0 saturated carbocycles. The third-order valence-electron chi connectivity index (χ3n) is 2.67. The number of anilines is 1. The number of hydrogen-bond acceptors (Lipinski definition) is 4. The quantitative estimate of drug-likeness (QED) is 0.892. The van der Waals surface area contributed by atoms with Gasteiger partial charge in [-0.25, -0.2) is 0 Å². The Hall–Kier alpha value is -1.88. The molecule has 0 aliphatic carbocycles. The van der Waals surface area contributed by atoms with Crippen molar-refractivity contribution in [2.75, 3.05) is 5.73 Å². The predicted molar refractivity (Wildman–Crippen MR) is 73.6 cm³/mol. The number of aryl methyl sites for hydroxylation is 1. The molecule has 2 rings (SSSR count). The number of nitrogens with zero attached hydrogens (tertiary/aromatic N) is 1. The van der Waals surface area contributed by atoms with Crippen LogP contribution < -0.4 is 11.1 Å². The standard InChI is InChI=1S/C13H15N3OS/c1-8-11(6-10(14)7-15-8)13(17)16-9(2)12-4-3-5-18-12/h3-7,9H,14H2,1-2H3,(H,16,17). The fraction of sp³-hybridized carbons (Fsp3) is 0.231. The Kier molecular flexibility index (Phi) is 3.62. The molecule has 2 heterocycles. The topological polar surface area (TPSA) is 68.0 Å². The number of nitrogens with one attached hydrogen (secondary N) is 1. The van der Waals surface area contributed by atoms with Gasteiger partial charge in [-0.1, -0.05) is 6.07 Å². The van der Waals surface area contributed by atoms with Gasteiger partial charge in [0, 0.05) is 4.88 Å². The Balaban J connectivity index is 2.15. The summed E-state index contributed by atoms with van der Waals surface area (Å²) in [5, 5.41) is 4.93. The molecule has 1 amide bonds. The number of hydrogen-bond donors (Lipinski definition) is 2. The lowest BCUT2D eigenvalue weighted by Gasteiger charge is -2.13. The van der Waals surface area contributed by atoms with Gasteiger partial charge in [0.05, 0.1) is 29.2 Å². The molecule has 4 nitrogen and oxygen atoms in total. The largest absolute Gasteiger partial charge is 0.397 e. The number of aromatic nitrogens is 1. The molecule has 94 valence electrons. The molecule has 0 aromatic carbocycles. The van der Waals surface area contributed by atoms with Gasteiger partial charge >= 0.3 is 0 Å². The van der Waals surface area contributed by atoms with Gasteiger partial charge in [-0.2, -0.15) is 0 Å². The fourth-order valence-electron chi connectivity index (χ4n) is 1.66. The number of nitrogen functional groups attached to an aromatic ring is 1. The molecular weight excluding hydrogens is 246 g/mol. The van der Waals surface area contributed by atoms with E-state index in [0.717, 1.165) is 4.88 Å². The van der Waals surface area contributed by atoms with Gasteiger partial charge in [0.15, 0.2) is 0 Å². The van der Waals surface area contributed by atoms with E-state index in [1.165, 1.54) is 0 Å². The number of carbonyl (C=O) groups is 1. The summed E-state index contributed by atoms with van der Waals surface area (Å²) >= 11 is 1.62. The summed E-state index contributed by atoms with van der Waals surface area (Å²) in [6.07, 6.45) is 1.55. The van der Waals surface area contributed by atoms with E-state index >= 15 is 0 Å². The van der Waals surface area contributed by atoms with Crippen LogP contribution in [0, 0.1) is 6.92 Å². The van der Waals surface area contributed by atoms with Crippen LogP contribution in [0.2, 0.25) is 0 Å². The lowest BCUT2D eigenvalue weighted by atomic mass is 10.1. The maximum atomic E-state index is 12.1. The summed E-state index contributed by atoms with van der Waals surface area (Å²) in [7, 11) is 0. The SMILES string of the molecule is Cc1ncc(N)cc1C(=O)NC(C)c1cccs1. The first kappa shape index (κ1) is 12.6. The summed E-state index contributed by atoms with van der Waals surface area (Å²) in [5.41, 5.74) is 7.35. The highest BCUT2D eigenvalue weighted by Gasteiger charge is 2.14. The van der Waals surface area contributed by atoms with Gasteiger partial charge in [0.25, 0.3) is 5.91 Å². The first-order chi connectivity index (χ1) is 8.58. The van der Waals surface area contributed by atoms with E-state index in [1.54, 1.807) is 30.5 Å². The van der Waals surface area contributed by atoms with Crippen LogP contribution in [0.3, 0.4) is 0 Å². The molecule has 0 fully saturated rings. The van der Waals surface area contributed by atoms with Crippen LogP contribution in [0.4, 0.5) is 5.69 Å². The Bertz CT molecular complexity index is 551. The van der Waals surface area contributed by atoms with Gasteiger partial charge in [-0.05, 0) is 31.4 Å². The molecule has 2 aromatic heterocycles. The molecule has 3 N–H and O–H groups in total. The minimum absolute atomic E-state index is 0.0154. The van der Waals surface area contributed by atoms with E-state index in [-0.39, 0.29) is 11.9 Å². The van der Waals surface area contributed by atoms with Crippen LogP contribution in [0.25, 0.3) is 0 Å². The second-order valence-electron chi connectivity index (χ2n) is 4.11. The molecule has 18 heavy (non-hydrogen) atoms. The third kappa shape index (κ3) is 2.68. The Morgan fingerprint density at radius 3 is 3.00 bits per heavy atom. The third-order valence-corrected chi connectivity index (χ3v) is 3.73.